The van der Waals surface area contributed by atoms with Gasteiger partial charge in [0.15, 0.2) is 0 Å². The van der Waals surface area contributed by atoms with E-state index in [2.05, 4.69) is 17.2 Å². The van der Waals surface area contributed by atoms with Gasteiger partial charge in [-0.3, -0.25) is 4.79 Å². The quantitative estimate of drug-likeness (QED) is 0.663. The van der Waals surface area contributed by atoms with Gasteiger partial charge in [0, 0.05) is 11.7 Å². The molecular weight excluding hydrogens is 178 g/mol. The maximum absolute atomic E-state index is 11.2. The summed E-state index contributed by atoms with van der Waals surface area (Å²) < 4.78 is 0. The molecule has 1 fully saturated rings. The van der Waals surface area contributed by atoms with Crippen molar-refractivity contribution in [2.24, 2.45) is 0 Å². The van der Waals surface area contributed by atoms with Gasteiger partial charge in [-0.25, -0.2) is 0 Å². The van der Waals surface area contributed by atoms with Crippen LogP contribution in [0.5, 0.6) is 0 Å². The van der Waals surface area contributed by atoms with E-state index in [1.54, 1.807) is 12.3 Å². The number of anilines is 2. The number of hydrogen-bond acceptors (Lipinski definition) is 3. The number of aromatic nitrogens is 1. The zero-order chi connectivity index (χ0) is 10.2. The van der Waals surface area contributed by atoms with Crippen LogP contribution >= 0.6 is 0 Å². The van der Waals surface area contributed by atoms with Crippen molar-refractivity contribution in [3.8, 4) is 0 Å². The largest absolute Gasteiger partial charge is 0.393 e. The standard InChI is InChI=1S/C10H15N3O/c1-10(4-2-5-10)13-7-3-6-12-9(14)8(7)11/h3,6H,2,4-5,11H2,1H3,(H2,12,13,14). The third kappa shape index (κ3) is 1.47. The number of rotatable bonds is 2. The molecule has 0 saturated heterocycles. The Hall–Kier alpha value is -1.45. The summed E-state index contributed by atoms with van der Waals surface area (Å²) in [4.78, 5) is 13.8. The number of pyridine rings is 1. The lowest BCUT2D eigenvalue weighted by atomic mass is 9.78. The minimum Gasteiger partial charge on any atom is -0.393 e. The van der Waals surface area contributed by atoms with E-state index >= 15 is 0 Å². The summed E-state index contributed by atoms with van der Waals surface area (Å²) in [5.74, 6) is 0. The van der Waals surface area contributed by atoms with Crippen molar-refractivity contribution in [2.45, 2.75) is 31.7 Å². The Morgan fingerprint density at radius 3 is 2.86 bits per heavy atom. The number of nitrogens with two attached hydrogens (primary N) is 1. The van der Waals surface area contributed by atoms with Crippen LogP contribution in [-0.2, 0) is 0 Å². The van der Waals surface area contributed by atoms with Crippen LogP contribution in [0, 0.1) is 0 Å². The fourth-order valence-corrected chi connectivity index (χ4v) is 1.76. The molecule has 0 aromatic carbocycles. The van der Waals surface area contributed by atoms with Gasteiger partial charge in [-0.05, 0) is 32.3 Å². The first kappa shape index (κ1) is 9.12. The molecule has 1 aromatic rings. The molecule has 1 aliphatic carbocycles. The predicted octanol–water partition coefficient (Wildman–Crippen LogP) is 1.31. The lowest BCUT2D eigenvalue weighted by Gasteiger charge is -2.40. The lowest BCUT2D eigenvalue weighted by Crippen LogP contribution is -2.42. The topological polar surface area (TPSA) is 70.9 Å². The van der Waals surface area contributed by atoms with E-state index in [0.717, 1.165) is 18.5 Å². The molecule has 1 aromatic heterocycles. The first-order valence-corrected chi connectivity index (χ1v) is 4.86. The summed E-state index contributed by atoms with van der Waals surface area (Å²) in [6.07, 6.45) is 5.13. The Balaban J connectivity index is 2.24. The first-order valence-electron chi connectivity index (χ1n) is 4.86. The molecule has 4 nitrogen and oxygen atoms in total. The Labute approximate surface area is 82.5 Å². The van der Waals surface area contributed by atoms with Gasteiger partial charge in [-0.2, -0.15) is 0 Å². The molecule has 14 heavy (non-hydrogen) atoms. The third-order valence-corrected chi connectivity index (χ3v) is 2.89. The van der Waals surface area contributed by atoms with Gasteiger partial charge < -0.3 is 16.0 Å². The van der Waals surface area contributed by atoms with Crippen LogP contribution in [0.2, 0.25) is 0 Å². The second-order valence-corrected chi connectivity index (χ2v) is 4.17. The van der Waals surface area contributed by atoms with E-state index in [4.69, 9.17) is 5.73 Å². The van der Waals surface area contributed by atoms with Crippen molar-refractivity contribution >= 4 is 11.4 Å². The smallest absolute Gasteiger partial charge is 0.273 e. The maximum atomic E-state index is 11.2. The minimum absolute atomic E-state index is 0.127. The van der Waals surface area contributed by atoms with E-state index in [1.165, 1.54) is 6.42 Å². The summed E-state index contributed by atoms with van der Waals surface area (Å²) in [7, 11) is 0. The van der Waals surface area contributed by atoms with Gasteiger partial charge in [0.1, 0.15) is 5.69 Å². The summed E-state index contributed by atoms with van der Waals surface area (Å²) in [6, 6.07) is 1.81. The second-order valence-electron chi connectivity index (χ2n) is 4.17. The molecule has 4 N–H and O–H groups in total. The lowest BCUT2D eigenvalue weighted by molar-refractivity contribution is 0.307. The van der Waals surface area contributed by atoms with Crippen LogP contribution in [0.3, 0.4) is 0 Å². The van der Waals surface area contributed by atoms with Gasteiger partial charge in [0.05, 0.1) is 5.69 Å². The zero-order valence-electron chi connectivity index (χ0n) is 8.26. The third-order valence-electron chi connectivity index (χ3n) is 2.89. The number of aromatic amines is 1. The molecule has 4 heteroatoms. The van der Waals surface area contributed by atoms with Crippen LogP contribution in [0.1, 0.15) is 26.2 Å². The predicted molar refractivity (Wildman–Crippen MR) is 57.4 cm³/mol. The molecule has 2 rings (SSSR count). The molecule has 0 atom stereocenters. The highest BCUT2D eigenvalue weighted by Gasteiger charge is 2.31. The molecule has 0 spiro atoms. The van der Waals surface area contributed by atoms with E-state index in [0.29, 0.717) is 0 Å². The van der Waals surface area contributed by atoms with Gasteiger partial charge in [0.2, 0.25) is 0 Å². The van der Waals surface area contributed by atoms with Crippen molar-refractivity contribution in [2.75, 3.05) is 11.1 Å². The zero-order valence-corrected chi connectivity index (χ0v) is 8.26. The fraction of sp³-hybridized carbons (Fsp3) is 0.500. The fourth-order valence-electron chi connectivity index (χ4n) is 1.76. The van der Waals surface area contributed by atoms with Crippen LogP contribution < -0.4 is 16.6 Å². The molecule has 1 aliphatic rings. The minimum atomic E-state index is -0.224. The van der Waals surface area contributed by atoms with E-state index in [1.807, 2.05) is 0 Å². The van der Waals surface area contributed by atoms with Gasteiger partial charge in [0.25, 0.3) is 5.56 Å². The molecule has 0 amide bonds. The van der Waals surface area contributed by atoms with E-state index in [-0.39, 0.29) is 16.8 Å². The van der Waals surface area contributed by atoms with E-state index in [9.17, 15) is 4.79 Å². The van der Waals surface area contributed by atoms with Gasteiger partial charge >= 0.3 is 0 Å². The monoisotopic (exact) mass is 193 g/mol. The molecule has 0 bridgehead atoms. The van der Waals surface area contributed by atoms with Crippen LogP contribution in [0.4, 0.5) is 11.4 Å². The highest BCUT2D eigenvalue weighted by Crippen LogP contribution is 2.35. The first-order chi connectivity index (χ1) is 6.61. The molecule has 0 unspecified atom stereocenters. The number of H-pyrrole nitrogens is 1. The molecule has 1 saturated carbocycles. The number of nitrogens with one attached hydrogen (secondary N) is 2. The number of nitrogen functional groups attached to an aromatic ring is 1. The molecule has 1 heterocycles. The Morgan fingerprint density at radius 1 is 1.57 bits per heavy atom. The van der Waals surface area contributed by atoms with Crippen molar-refractivity contribution in [1.82, 2.24) is 4.98 Å². The van der Waals surface area contributed by atoms with Gasteiger partial charge in [-0.15, -0.1) is 0 Å². The van der Waals surface area contributed by atoms with Gasteiger partial charge in [-0.1, -0.05) is 0 Å². The average Bonchev–Trinajstić information content (AvgIpc) is 2.10. The van der Waals surface area contributed by atoms with Crippen molar-refractivity contribution in [1.29, 1.82) is 0 Å². The van der Waals surface area contributed by atoms with Crippen molar-refractivity contribution in [3.05, 3.63) is 22.6 Å². The van der Waals surface area contributed by atoms with Crippen molar-refractivity contribution in [3.63, 3.8) is 0 Å². The Bertz CT molecular complexity index is 393. The summed E-state index contributed by atoms with van der Waals surface area (Å²) in [6.45, 7) is 2.15. The van der Waals surface area contributed by atoms with Crippen molar-refractivity contribution < 1.29 is 0 Å². The average molecular weight is 193 g/mol. The Kier molecular flexibility index (Phi) is 1.98. The highest BCUT2D eigenvalue weighted by molar-refractivity contribution is 5.65. The molecule has 0 radical (unpaired) electrons. The number of hydrogen-bond donors (Lipinski definition) is 3. The maximum Gasteiger partial charge on any atom is 0.273 e. The SMILES string of the molecule is CC1(Nc2cc[nH]c(=O)c2N)CCC1. The van der Waals surface area contributed by atoms with Crippen LogP contribution in [0.25, 0.3) is 0 Å². The summed E-state index contributed by atoms with van der Waals surface area (Å²) >= 11 is 0. The highest BCUT2D eigenvalue weighted by atomic mass is 16.1. The summed E-state index contributed by atoms with van der Waals surface area (Å²) in [5.41, 5.74) is 6.59. The van der Waals surface area contributed by atoms with Crippen LogP contribution in [-0.4, -0.2) is 10.5 Å². The molecule has 76 valence electrons. The summed E-state index contributed by atoms with van der Waals surface area (Å²) in [5, 5.41) is 3.32. The molecule has 0 aliphatic heterocycles. The van der Waals surface area contributed by atoms with Crippen LogP contribution in [0.15, 0.2) is 17.1 Å². The molecular formula is C10H15N3O. The normalized spacial score (nSPS) is 18.6. The Morgan fingerprint density at radius 2 is 2.29 bits per heavy atom. The van der Waals surface area contributed by atoms with E-state index < -0.39 is 0 Å². The second kappa shape index (κ2) is 3.04.